The van der Waals surface area contributed by atoms with Gasteiger partial charge in [-0.1, -0.05) is 77.9 Å². The molecule has 5 aromatic heterocycles. The van der Waals surface area contributed by atoms with Crippen LogP contribution in [0, 0.1) is 27.6 Å². The first-order valence-electron chi connectivity index (χ1n) is 22.7. The number of nitrogens with one attached hydrogen (secondary N) is 1. The molecule has 0 bridgehead atoms. The molecule has 3 N–H and O–H groups in total. The van der Waals surface area contributed by atoms with Gasteiger partial charge in [-0.25, -0.2) is 15.0 Å². The standard InChI is InChI=1S/C19H20N2OS2.C17H18N2S2.C9H6N2S.C8H14O/c1-11(22)20-17-16(12-8-9-19(2,3)10-15(12)24-17)18-21-13-6-4-5-7-14(13)23-18;1-17(2)8-7-10-13(9-17)20-15(18)14(10)16-19-11-5-3-4-6-12(11)21-16;10-6-5-9-11-7-3-1-2-4-8(7)12-9;1-8(2)5-3-7(9)4-6-8/h4-7H,8-10H2,1-3H3,(H,20,22);3-6H,7-9,18H2,1-2H3;1-4H,5H2;3-6H2,1-2H3. The quantitative estimate of drug-likeness (QED) is 0.179. The Kier molecular flexibility index (Phi) is 14.3. The molecule has 1 amide bonds. The molecule has 0 saturated heterocycles. The summed E-state index contributed by atoms with van der Waals surface area (Å²) in [5.74, 6) is 0.435. The predicted octanol–water partition coefficient (Wildman–Crippen LogP) is 15.1. The van der Waals surface area contributed by atoms with E-state index in [1.807, 2.05) is 42.5 Å². The lowest BCUT2D eigenvalue weighted by atomic mass is 9.77. The molecular weight excluding hydrogens is 913 g/mol. The Morgan fingerprint density at radius 1 is 0.636 bits per heavy atom. The van der Waals surface area contributed by atoms with Crippen molar-refractivity contribution >= 4 is 109 Å². The molecule has 0 spiro atoms. The van der Waals surface area contributed by atoms with Gasteiger partial charge in [0.1, 0.15) is 25.8 Å². The van der Waals surface area contributed by atoms with Gasteiger partial charge in [0.25, 0.3) is 0 Å². The minimum absolute atomic E-state index is 0.0183. The largest absolute Gasteiger partial charge is 0.390 e. The first-order chi connectivity index (χ1) is 31.5. The van der Waals surface area contributed by atoms with Crippen LogP contribution in [0.3, 0.4) is 0 Å². The smallest absolute Gasteiger partial charge is 0.221 e. The topological polar surface area (TPSA) is 135 Å². The van der Waals surface area contributed by atoms with Crippen LogP contribution in [0.1, 0.15) is 113 Å². The van der Waals surface area contributed by atoms with Crippen LogP contribution in [0.25, 0.3) is 51.8 Å². The monoisotopic (exact) mass is 970 g/mol. The molecule has 0 aliphatic heterocycles. The number of rotatable bonds is 4. The third kappa shape index (κ3) is 11.3. The highest BCUT2D eigenvalue weighted by molar-refractivity contribution is 7.23. The lowest BCUT2D eigenvalue weighted by Crippen LogP contribution is -2.20. The zero-order valence-electron chi connectivity index (χ0n) is 38.9. The van der Waals surface area contributed by atoms with Crippen LogP contribution in [0.5, 0.6) is 0 Å². The van der Waals surface area contributed by atoms with Gasteiger partial charge < -0.3 is 11.1 Å². The second kappa shape index (κ2) is 19.8. The molecule has 3 aliphatic carbocycles. The van der Waals surface area contributed by atoms with Crippen LogP contribution in [-0.4, -0.2) is 26.6 Å². The molecular formula is C53H58N6O2S5. The fourth-order valence-corrected chi connectivity index (χ4v) is 14.8. The van der Waals surface area contributed by atoms with Crippen molar-refractivity contribution in [3.05, 3.63) is 98.7 Å². The Morgan fingerprint density at radius 2 is 1.09 bits per heavy atom. The number of amides is 1. The van der Waals surface area contributed by atoms with Crippen molar-refractivity contribution in [2.75, 3.05) is 11.1 Å². The summed E-state index contributed by atoms with van der Waals surface area (Å²) in [7, 11) is 0. The van der Waals surface area contributed by atoms with Gasteiger partial charge in [-0.2, -0.15) is 5.26 Å². The van der Waals surface area contributed by atoms with Gasteiger partial charge >= 0.3 is 0 Å². The van der Waals surface area contributed by atoms with E-state index in [9.17, 15) is 9.59 Å². The van der Waals surface area contributed by atoms with E-state index in [-0.39, 0.29) is 5.91 Å². The van der Waals surface area contributed by atoms with Crippen molar-refractivity contribution < 1.29 is 9.59 Å². The molecule has 3 aliphatic rings. The summed E-state index contributed by atoms with van der Waals surface area (Å²) in [6, 6.07) is 26.6. The van der Waals surface area contributed by atoms with Gasteiger partial charge in [-0.3, -0.25) is 9.59 Å². The highest BCUT2D eigenvalue weighted by Gasteiger charge is 2.33. The van der Waals surface area contributed by atoms with Crippen molar-refractivity contribution in [3.63, 3.8) is 0 Å². The first kappa shape index (κ1) is 47.6. The number of hydrogen-bond acceptors (Lipinski definition) is 12. The molecule has 342 valence electrons. The Bertz CT molecular complexity index is 2970. The Labute approximate surface area is 408 Å². The van der Waals surface area contributed by atoms with E-state index in [0.717, 1.165) is 103 Å². The lowest BCUT2D eigenvalue weighted by molar-refractivity contribution is -0.122. The highest BCUT2D eigenvalue weighted by Crippen LogP contribution is 2.50. The number of nitrogen functional groups attached to an aromatic ring is 1. The van der Waals surface area contributed by atoms with E-state index in [2.05, 4.69) is 88.2 Å². The zero-order chi connectivity index (χ0) is 46.8. The first-order valence-corrected chi connectivity index (χ1v) is 26.8. The number of ketones is 1. The number of aromatic nitrogens is 3. The Morgan fingerprint density at radius 3 is 1.58 bits per heavy atom. The second-order valence-electron chi connectivity index (χ2n) is 19.9. The maximum Gasteiger partial charge on any atom is 0.221 e. The van der Waals surface area contributed by atoms with Crippen molar-refractivity contribution in [2.45, 2.75) is 119 Å². The number of para-hydroxylation sites is 3. The van der Waals surface area contributed by atoms with E-state index in [0.29, 0.717) is 28.4 Å². The number of carbonyl (C=O) groups is 2. The predicted molar refractivity (Wildman–Crippen MR) is 282 cm³/mol. The van der Waals surface area contributed by atoms with Crippen molar-refractivity contribution in [3.8, 4) is 27.2 Å². The molecule has 11 rings (SSSR count). The number of thiazole rings is 3. The molecule has 0 unspecified atom stereocenters. The number of fused-ring (bicyclic) bond motifs is 5. The number of Topliss-reactive ketones (excluding diaryl/α,β-unsaturated/α-hetero) is 1. The molecule has 66 heavy (non-hydrogen) atoms. The zero-order valence-corrected chi connectivity index (χ0v) is 43.0. The number of carbonyl (C=O) groups excluding carboxylic acids is 2. The number of nitriles is 1. The van der Waals surface area contributed by atoms with Crippen LogP contribution in [-0.2, 0) is 41.7 Å². The molecule has 5 heterocycles. The second-order valence-corrected chi connectivity index (χ2v) is 25.3. The van der Waals surface area contributed by atoms with Gasteiger partial charge in [0.15, 0.2) is 0 Å². The Balaban J connectivity index is 0.000000128. The molecule has 0 atom stereocenters. The molecule has 13 heteroatoms. The molecule has 1 fully saturated rings. The number of hydrogen-bond donors (Lipinski definition) is 2. The molecule has 8 nitrogen and oxygen atoms in total. The number of anilines is 2. The summed E-state index contributed by atoms with van der Waals surface area (Å²) in [6.45, 7) is 15.4. The van der Waals surface area contributed by atoms with Crippen LogP contribution in [0.4, 0.5) is 10.0 Å². The lowest BCUT2D eigenvalue weighted by Gasteiger charge is -2.29. The van der Waals surface area contributed by atoms with Crippen molar-refractivity contribution in [1.29, 1.82) is 5.26 Å². The molecule has 8 aromatic rings. The molecule has 0 radical (unpaired) electrons. The fraction of sp³-hybridized carbons (Fsp3) is 0.396. The maximum atomic E-state index is 11.7. The van der Waals surface area contributed by atoms with E-state index in [4.69, 9.17) is 21.0 Å². The fourth-order valence-electron chi connectivity index (χ4n) is 8.77. The number of benzene rings is 3. The van der Waals surface area contributed by atoms with Gasteiger partial charge in [0.05, 0.1) is 48.1 Å². The number of thiophene rings is 2. The van der Waals surface area contributed by atoms with Gasteiger partial charge in [0, 0.05) is 40.6 Å². The van der Waals surface area contributed by atoms with Gasteiger partial charge in [-0.15, -0.1) is 56.7 Å². The maximum absolute atomic E-state index is 11.7. The minimum Gasteiger partial charge on any atom is -0.390 e. The summed E-state index contributed by atoms with van der Waals surface area (Å²) < 4.78 is 3.59. The van der Waals surface area contributed by atoms with Gasteiger partial charge in [-0.05, 0) is 115 Å². The summed E-state index contributed by atoms with van der Waals surface area (Å²) in [5, 5.41) is 16.4. The summed E-state index contributed by atoms with van der Waals surface area (Å²) in [5.41, 5.74) is 15.8. The van der Waals surface area contributed by atoms with Crippen LogP contribution >= 0.6 is 56.7 Å². The van der Waals surface area contributed by atoms with Crippen molar-refractivity contribution in [1.82, 2.24) is 15.0 Å². The van der Waals surface area contributed by atoms with Crippen molar-refractivity contribution in [2.24, 2.45) is 16.2 Å². The highest BCUT2D eigenvalue weighted by atomic mass is 32.1. The van der Waals surface area contributed by atoms with E-state index < -0.39 is 0 Å². The number of nitrogens with zero attached hydrogens (tertiary/aromatic N) is 4. The summed E-state index contributed by atoms with van der Waals surface area (Å²) >= 11 is 8.56. The Hall–Kier alpha value is -4.84. The summed E-state index contributed by atoms with van der Waals surface area (Å²) in [4.78, 5) is 39.3. The number of nitrogens with two attached hydrogens (primary N) is 1. The van der Waals surface area contributed by atoms with Crippen LogP contribution < -0.4 is 11.1 Å². The van der Waals surface area contributed by atoms with E-state index >= 15 is 0 Å². The van der Waals surface area contributed by atoms with Crippen LogP contribution in [0.15, 0.2) is 72.8 Å². The normalized spacial score (nSPS) is 16.7. The van der Waals surface area contributed by atoms with E-state index in [1.165, 1.54) is 48.7 Å². The SMILES string of the molecule is CC(=O)Nc1sc2c(c1-c1nc3ccccc3s1)CCC(C)(C)C2.CC1(C)CCC(=O)CC1.CC1(C)CCc2c(sc(N)c2-c2nc3ccccc3s2)C1.N#CCc1nc2ccccc2s1. The average molecular weight is 971 g/mol. The third-order valence-electron chi connectivity index (χ3n) is 12.6. The van der Waals surface area contributed by atoms with Crippen LogP contribution in [0.2, 0.25) is 0 Å². The third-order valence-corrected chi connectivity index (χ3v) is 18.0. The minimum atomic E-state index is -0.0183. The summed E-state index contributed by atoms with van der Waals surface area (Å²) in [6.07, 6.45) is 11.0. The van der Waals surface area contributed by atoms with Gasteiger partial charge in [0.2, 0.25) is 5.91 Å². The molecule has 3 aromatic carbocycles. The van der Waals surface area contributed by atoms with E-state index in [1.54, 1.807) is 63.6 Å². The average Bonchev–Trinajstić information content (AvgIpc) is 4.09. The molecule has 1 saturated carbocycles.